The van der Waals surface area contributed by atoms with Crippen LogP contribution in [-0.4, -0.2) is 46.1 Å². The molecule has 2 rings (SSSR count). The lowest BCUT2D eigenvalue weighted by molar-refractivity contribution is -0.142. The number of amides is 3. The number of phenolic OH excluding ortho intramolecular Hbond substituents is 1. The Kier molecular flexibility index (Phi) is 10.1. The number of hydrogen-bond donors (Lipinski definition) is 3. The van der Waals surface area contributed by atoms with E-state index in [1.165, 1.54) is 17.0 Å². The van der Waals surface area contributed by atoms with E-state index in [9.17, 15) is 19.5 Å². The van der Waals surface area contributed by atoms with Gasteiger partial charge in [-0.05, 0) is 57.4 Å². The highest BCUT2D eigenvalue weighted by molar-refractivity contribution is 5.92. The van der Waals surface area contributed by atoms with Gasteiger partial charge in [-0.2, -0.15) is 0 Å². The molecule has 2 aromatic rings. The second-order valence-corrected chi connectivity index (χ2v) is 9.45. The monoisotopic (exact) mass is 483 g/mol. The molecule has 0 saturated heterocycles. The molecular weight excluding hydrogens is 446 g/mol. The quantitative estimate of drug-likeness (QED) is 0.467. The molecule has 0 bridgehead atoms. The molecule has 190 valence electrons. The number of rotatable bonds is 10. The third-order valence-electron chi connectivity index (χ3n) is 5.22. The molecule has 8 nitrogen and oxygen atoms in total. The highest BCUT2D eigenvalue weighted by atomic mass is 16.6. The number of hydrogen-bond acceptors (Lipinski definition) is 5. The number of aromatic hydroxyl groups is 1. The number of alkyl carbamates (subject to hydrolysis) is 1. The van der Waals surface area contributed by atoms with Crippen LogP contribution in [0.5, 0.6) is 5.75 Å². The number of nitrogens with zero attached hydrogens (tertiary/aromatic N) is 1. The molecule has 0 aliphatic rings. The van der Waals surface area contributed by atoms with Gasteiger partial charge in [-0.1, -0.05) is 55.8 Å². The molecule has 0 heterocycles. The van der Waals surface area contributed by atoms with E-state index in [0.717, 1.165) is 12.0 Å². The molecule has 0 aliphatic carbocycles. The number of carbonyl (C=O) groups is 3. The molecule has 0 radical (unpaired) electrons. The van der Waals surface area contributed by atoms with Gasteiger partial charge in [0.05, 0.1) is 0 Å². The van der Waals surface area contributed by atoms with E-state index in [0.29, 0.717) is 25.1 Å². The fourth-order valence-corrected chi connectivity index (χ4v) is 3.50. The zero-order chi connectivity index (χ0) is 26.0. The summed E-state index contributed by atoms with van der Waals surface area (Å²) in [5.41, 5.74) is 0.777. The Morgan fingerprint density at radius 2 is 1.66 bits per heavy atom. The summed E-state index contributed by atoms with van der Waals surface area (Å²) in [6, 6.07) is 13.8. The number of carbonyl (C=O) groups excluding carboxylic acids is 3. The third-order valence-corrected chi connectivity index (χ3v) is 5.22. The van der Waals surface area contributed by atoms with Gasteiger partial charge in [-0.3, -0.25) is 9.59 Å². The van der Waals surface area contributed by atoms with Crippen molar-refractivity contribution in [1.29, 1.82) is 0 Å². The van der Waals surface area contributed by atoms with Crippen LogP contribution in [0.1, 0.15) is 64.6 Å². The predicted molar refractivity (Wildman–Crippen MR) is 135 cm³/mol. The summed E-state index contributed by atoms with van der Waals surface area (Å²) in [7, 11) is 0. The van der Waals surface area contributed by atoms with Gasteiger partial charge < -0.3 is 25.4 Å². The van der Waals surface area contributed by atoms with Crippen molar-refractivity contribution in [3.05, 3.63) is 65.7 Å². The van der Waals surface area contributed by atoms with Crippen LogP contribution < -0.4 is 10.6 Å². The summed E-state index contributed by atoms with van der Waals surface area (Å²) in [6.07, 6.45) is 0.778. The van der Waals surface area contributed by atoms with E-state index in [1.807, 2.05) is 37.3 Å². The van der Waals surface area contributed by atoms with Gasteiger partial charge in [-0.25, -0.2) is 4.79 Å². The molecule has 0 saturated carbocycles. The van der Waals surface area contributed by atoms with Crippen molar-refractivity contribution in [2.75, 3.05) is 6.54 Å². The summed E-state index contributed by atoms with van der Waals surface area (Å²) < 4.78 is 5.28. The Morgan fingerprint density at radius 1 is 1.03 bits per heavy atom. The minimum atomic E-state index is -0.943. The number of ether oxygens (including phenoxy) is 1. The fourth-order valence-electron chi connectivity index (χ4n) is 3.50. The summed E-state index contributed by atoms with van der Waals surface area (Å²) in [5, 5.41) is 15.3. The highest BCUT2D eigenvalue weighted by Crippen LogP contribution is 2.25. The van der Waals surface area contributed by atoms with E-state index < -0.39 is 29.7 Å². The van der Waals surface area contributed by atoms with E-state index in [4.69, 9.17) is 4.74 Å². The SMILES string of the molecule is CCCCN(C(=O)C(C)NC(=O)OC(C)(C)C)C(C(=O)NCc1ccccc1)c1ccc(O)cc1. The maximum atomic E-state index is 13.5. The van der Waals surface area contributed by atoms with Crippen molar-refractivity contribution in [2.24, 2.45) is 0 Å². The van der Waals surface area contributed by atoms with Crippen LogP contribution in [0.25, 0.3) is 0 Å². The Labute approximate surface area is 207 Å². The zero-order valence-corrected chi connectivity index (χ0v) is 21.2. The van der Waals surface area contributed by atoms with Gasteiger partial charge in [-0.15, -0.1) is 0 Å². The maximum absolute atomic E-state index is 13.5. The Bertz CT molecular complexity index is 971. The lowest BCUT2D eigenvalue weighted by Crippen LogP contribution is -2.52. The van der Waals surface area contributed by atoms with Crippen LogP contribution in [0, 0.1) is 0 Å². The van der Waals surface area contributed by atoms with Crippen molar-refractivity contribution in [3.8, 4) is 5.75 Å². The van der Waals surface area contributed by atoms with Gasteiger partial charge in [0.1, 0.15) is 23.4 Å². The smallest absolute Gasteiger partial charge is 0.408 e. The van der Waals surface area contributed by atoms with Crippen LogP contribution in [0.3, 0.4) is 0 Å². The van der Waals surface area contributed by atoms with Crippen LogP contribution in [0.15, 0.2) is 54.6 Å². The third kappa shape index (κ3) is 8.96. The number of benzene rings is 2. The average Bonchev–Trinajstić information content (AvgIpc) is 2.80. The van der Waals surface area contributed by atoms with E-state index in [2.05, 4.69) is 10.6 Å². The standard InChI is InChI=1S/C27H37N3O5/c1-6-7-17-30(25(33)19(2)29-26(34)35-27(3,4)5)23(21-13-15-22(31)16-14-21)24(32)28-18-20-11-9-8-10-12-20/h8-16,19,23,31H,6-7,17-18H2,1-5H3,(H,28,32)(H,29,34). The van der Waals surface area contributed by atoms with Crippen LogP contribution >= 0.6 is 0 Å². The molecule has 0 aliphatic heterocycles. The molecule has 35 heavy (non-hydrogen) atoms. The summed E-state index contributed by atoms with van der Waals surface area (Å²) in [5.74, 6) is -0.700. The molecule has 3 N–H and O–H groups in total. The summed E-state index contributed by atoms with van der Waals surface area (Å²) in [4.78, 5) is 40.8. The van der Waals surface area contributed by atoms with Crippen molar-refractivity contribution in [2.45, 2.75) is 71.7 Å². The van der Waals surface area contributed by atoms with Crippen LogP contribution in [0.4, 0.5) is 4.79 Å². The topological polar surface area (TPSA) is 108 Å². The van der Waals surface area contributed by atoms with Gasteiger partial charge in [0.2, 0.25) is 11.8 Å². The minimum absolute atomic E-state index is 0.0589. The van der Waals surface area contributed by atoms with E-state index in [1.54, 1.807) is 39.8 Å². The molecule has 3 amide bonds. The molecule has 2 atom stereocenters. The second kappa shape index (κ2) is 12.8. The Balaban J connectivity index is 2.32. The maximum Gasteiger partial charge on any atom is 0.408 e. The zero-order valence-electron chi connectivity index (χ0n) is 21.2. The predicted octanol–water partition coefficient (Wildman–Crippen LogP) is 4.29. The lowest BCUT2D eigenvalue weighted by atomic mass is 10.0. The first-order chi connectivity index (χ1) is 16.5. The van der Waals surface area contributed by atoms with E-state index in [-0.39, 0.29) is 11.7 Å². The van der Waals surface area contributed by atoms with Crippen LogP contribution in [0.2, 0.25) is 0 Å². The second-order valence-electron chi connectivity index (χ2n) is 9.45. The molecule has 0 fully saturated rings. The Morgan fingerprint density at radius 3 is 2.23 bits per heavy atom. The largest absolute Gasteiger partial charge is 0.508 e. The summed E-state index contributed by atoms with van der Waals surface area (Å²) in [6.45, 7) is 9.41. The van der Waals surface area contributed by atoms with Crippen molar-refractivity contribution in [3.63, 3.8) is 0 Å². The fraction of sp³-hybridized carbons (Fsp3) is 0.444. The molecule has 2 unspecified atom stereocenters. The van der Waals surface area contributed by atoms with Crippen molar-refractivity contribution < 1.29 is 24.2 Å². The summed E-state index contributed by atoms with van der Waals surface area (Å²) >= 11 is 0. The molecule has 0 spiro atoms. The minimum Gasteiger partial charge on any atom is -0.508 e. The lowest BCUT2D eigenvalue weighted by Gasteiger charge is -2.33. The molecular formula is C27H37N3O5. The van der Waals surface area contributed by atoms with Crippen LogP contribution in [-0.2, 0) is 20.9 Å². The normalized spacial score (nSPS) is 12.8. The number of nitrogens with one attached hydrogen (secondary N) is 2. The van der Waals surface area contributed by atoms with E-state index >= 15 is 0 Å². The molecule has 0 aromatic heterocycles. The van der Waals surface area contributed by atoms with Gasteiger partial charge in [0.15, 0.2) is 0 Å². The van der Waals surface area contributed by atoms with Gasteiger partial charge >= 0.3 is 6.09 Å². The average molecular weight is 484 g/mol. The first-order valence-electron chi connectivity index (χ1n) is 11.9. The number of phenols is 1. The highest BCUT2D eigenvalue weighted by Gasteiger charge is 2.34. The first-order valence-corrected chi connectivity index (χ1v) is 11.9. The van der Waals surface area contributed by atoms with Crippen molar-refractivity contribution >= 4 is 17.9 Å². The first kappa shape index (κ1) is 27.7. The van der Waals surface area contributed by atoms with Gasteiger partial charge in [0.25, 0.3) is 0 Å². The van der Waals surface area contributed by atoms with Crippen molar-refractivity contribution in [1.82, 2.24) is 15.5 Å². The van der Waals surface area contributed by atoms with Gasteiger partial charge in [0, 0.05) is 13.1 Å². The Hall–Kier alpha value is -3.55. The molecule has 8 heteroatoms. The number of unbranched alkanes of at least 4 members (excludes halogenated alkanes) is 1. The molecule has 2 aromatic carbocycles.